The Labute approximate surface area is 172 Å². The van der Waals surface area contributed by atoms with Crippen molar-refractivity contribution >= 4 is 16.8 Å². The second kappa shape index (κ2) is 6.85. The Morgan fingerprint density at radius 2 is 2.07 bits per heavy atom. The van der Waals surface area contributed by atoms with Crippen LogP contribution in [0.25, 0.3) is 10.9 Å². The number of hydrogen-bond acceptors (Lipinski definition) is 3. The molecule has 4 aliphatic rings. The number of piperidine rings is 1. The molecule has 2 aliphatic heterocycles. The largest absolute Gasteiger partial charge is 0.374 e. The van der Waals surface area contributed by atoms with Gasteiger partial charge >= 0.3 is 0 Å². The fraction of sp³-hybridized carbons (Fsp3) is 0.625. The zero-order chi connectivity index (χ0) is 19.4. The van der Waals surface area contributed by atoms with Crippen LogP contribution in [0.5, 0.6) is 0 Å². The quantitative estimate of drug-likeness (QED) is 0.745. The molecule has 29 heavy (non-hydrogen) atoms. The molecule has 1 amide bonds. The third-order valence-corrected chi connectivity index (χ3v) is 8.33. The number of carbonyl (C=O) groups excluding carboxylic acids is 1. The molecule has 2 aromatic rings. The van der Waals surface area contributed by atoms with E-state index in [1.165, 1.54) is 30.2 Å². The number of ether oxygens (including phenoxy) is 1. The van der Waals surface area contributed by atoms with Crippen LogP contribution in [0.4, 0.5) is 0 Å². The van der Waals surface area contributed by atoms with Crippen LogP contribution >= 0.6 is 0 Å². The van der Waals surface area contributed by atoms with Crippen LogP contribution in [0.2, 0.25) is 0 Å². The molecule has 2 saturated heterocycles. The minimum Gasteiger partial charge on any atom is -0.374 e. The van der Waals surface area contributed by atoms with E-state index in [9.17, 15) is 4.79 Å². The molecule has 4 fully saturated rings. The minimum atomic E-state index is 0.0767. The van der Waals surface area contributed by atoms with E-state index in [0.717, 1.165) is 62.4 Å². The van der Waals surface area contributed by atoms with Gasteiger partial charge in [0.05, 0.1) is 5.60 Å². The lowest BCUT2D eigenvalue weighted by Crippen LogP contribution is -2.63. The number of H-pyrrole nitrogens is 1. The topological polar surface area (TPSA) is 66.1 Å². The van der Waals surface area contributed by atoms with Gasteiger partial charge in [-0.2, -0.15) is 0 Å². The van der Waals surface area contributed by atoms with Crippen LogP contribution in [0.3, 0.4) is 0 Å². The van der Waals surface area contributed by atoms with E-state index in [0.29, 0.717) is 11.8 Å². The number of amides is 1. The van der Waals surface area contributed by atoms with Gasteiger partial charge in [-0.3, -0.25) is 4.79 Å². The van der Waals surface area contributed by atoms with Gasteiger partial charge in [0.15, 0.2) is 0 Å². The highest BCUT2D eigenvalue weighted by Gasteiger charge is 2.62. The molecular weight excluding hydrogens is 362 g/mol. The maximum Gasteiger partial charge on any atom is 0.251 e. The second-order valence-electron chi connectivity index (χ2n) is 9.63. The summed E-state index contributed by atoms with van der Waals surface area (Å²) in [5.41, 5.74) is 3.38. The standard InChI is InChI=1S/C24H31N3O2/c28-23(27-22-2-1-8-24-17(7-11-29-24)13-20(22)24)16-3-4-21-18(12-16)19(14-26-21)15-5-9-25-10-6-15/h3-4,12,14-15,17,20,22,25-26H,1-2,5-11,13H2,(H,27,28). The summed E-state index contributed by atoms with van der Waals surface area (Å²) in [6.07, 6.45) is 10.3. The zero-order valence-corrected chi connectivity index (χ0v) is 17.0. The van der Waals surface area contributed by atoms with Crippen molar-refractivity contribution in [2.75, 3.05) is 19.7 Å². The first-order valence-corrected chi connectivity index (χ1v) is 11.5. The number of hydrogen-bond donors (Lipinski definition) is 3. The summed E-state index contributed by atoms with van der Waals surface area (Å²) in [5, 5.41) is 8.05. The van der Waals surface area contributed by atoms with Crippen LogP contribution in [0.1, 0.15) is 66.8 Å². The lowest BCUT2D eigenvalue weighted by atomic mass is 9.53. The predicted molar refractivity (Wildman–Crippen MR) is 113 cm³/mol. The Morgan fingerprint density at radius 1 is 1.17 bits per heavy atom. The highest BCUT2D eigenvalue weighted by molar-refractivity contribution is 5.99. The van der Waals surface area contributed by atoms with Crippen LogP contribution < -0.4 is 10.6 Å². The number of nitrogens with one attached hydrogen (secondary N) is 3. The van der Waals surface area contributed by atoms with E-state index in [2.05, 4.69) is 33.9 Å². The number of aromatic amines is 1. The summed E-state index contributed by atoms with van der Waals surface area (Å²) in [4.78, 5) is 16.6. The van der Waals surface area contributed by atoms with E-state index in [4.69, 9.17) is 4.74 Å². The van der Waals surface area contributed by atoms with Gasteiger partial charge in [0, 0.05) is 41.2 Å². The molecule has 1 aromatic carbocycles. The molecule has 1 spiro atoms. The number of rotatable bonds is 3. The highest BCUT2D eigenvalue weighted by atomic mass is 16.5. The van der Waals surface area contributed by atoms with Crippen molar-refractivity contribution in [3.05, 3.63) is 35.5 Å². The number of carbonyl (C=O) groups is 1. The molecule has 3 N–H and O–H groups in total. The van der Waals surface area contributed by atoms with E-state index in [1.807, 2.05) is 6.07 Å². The normalized spacial score (nSPS) is 34.4. The van der Waals surface area contributed by atoms with Gasteiger partial charge in [0.1, 0.15) is 0 Å². The average Bonchev–Trinajstić information content (AvgIpc) is 3.28. The first-order valence-electron chi connectivity index (χ1n) is 11.5. The van der Waals surface area contributed by atoms with Crippen molar-refractivity contribution in [2.45, 2.75) is 62.5 Å². The van der Waals surface area contributed by atoms with Crippen molar-refractivity contribution in [1.82, 2.24) is 15.6 Å². The minimum absolute atomic E-state index is 0.0767. The molecule has 3 heterocycles. The van der Waals surface area contributed by atoms with Crippen LogP contribution in [0, 0.1) is 11.8 Å². The lowest BCUT2D eigenvalue weighted by molar-refractivity contribution is -0.166. The average molecular weight is 394 g/mol. The van der Waals surface area contributed by atoms with Gasteiger partial charge in [-0.25, -0.2) is 0 Å². The molecule has 1 aromatic heterocycles. The molecule has 4 unspecified atom stereocenters. The summed E-state index contributed by atoms with van der Waals surface area (Å²) < 4.78 is 6.23. The van der Waals surface area contributed by atoms with Crippen molar-refractivity contribution in [3.63, 3.8) is 0 Å². The van der Waals surface area contributed by atoms with Crippen molar-refractivity contribution < 1.29 is 9.53 Å². The summed E-state index contributed by atoms with van der Waals surface area (Å²) >= 11 is 0. The van der Waals surface area contributed by atoms with E-state index in [1.54, 1.807) is 0 Å². The molecule has 0 bridgehead atoms. The van der Waals surface area contributed by atoms with Crippen molar-refractivity contribution in [3.8, 4) is 0 Å². The summed E-state index contributed by atoms with van der Waals surface area (Å²) in [6, 6.07) is 6.40. The summed E-state index contributed by atoms with van der Waals surface area (Å²) in [6.45, 7) is 3.06. The summed E-state index contributed by atoms with van der Waals surface area (Å²) in [7, 11) is 0. The first-order chi connectivity index (χ1) is 14.2. The Balaban J connectivity index is 1.23. The Morgan fingerprint density at radius 3 is 2.93 bits per heavy atom. The fourth-order valence-electron chi connectivity index (χ4n) is 6.77. The molecule has 5 nitrogen and oxygen atoms in total. The van der Waals surface area contributed by atoms with Gasteiger partial charge in [-0.05, 0) is 93.6 Å². The molecule has 4 atom stereocenters. The van der Waals surface area contributed by atoms with E-state index < -0.39 is 0 Å². The third kappa shape index (κ3) is 2.77. The first kappa shape index (κ1) is 18.0. The SMILES string of the molecule is O=C(NC1CCCC23OCCC2CC13)c1ccc2[nH]cc(C3CCNCC3)c2c1. The zero-order valence-electron chi connectivity index (χ0n) is 17.0. The van der Waals surface area contributed by atoms with Crippen molar-refractivity contribution in [1.29, 1.82) is 0 Å². The summed E-state index contributed by atoms with van der Waals surface area (Å²) in [5.74, 6) is 1.89. The monoisotopic (exact) mass is 393 g/mol. The molecule has 154 valence electrons. The molecule has 0 radical (unpaired) electrons. The van der Waals surface area contributed by atoms with E-state index in [-0.39, 0.29) is 17.6 Å². The second-order valence-corrected chi connectivity index (χ2v) is 9.63. The number of benzene rings is 1. The number of fused-ring (bicyclic) bond motifs is 1. The highest BCUT2D eigenvalue weighted by Crippen LogP contribution is 2.59. The fourth-order valence-corrected chi connectivity index (χ4v) is 6.77. The van der Waals surface area contributed by atoms with Gasteiger partial charge in [-0.1, -0.05) is 0 Å². The van der Waals surface area contributed by atoms with Gasteiger partial charge in [0.25, 0.3) is 5.91 Å². The van der Waals surface area contributed by atoms with Crippen molar-refractivity contribution in [2.24, 2.45) is 11.8 Å². The molecule has 2 saturated carbocycles. The molecular formula is C24H31N3O2. The van der Waals surface area contributed by atoms with E-state index >= 15 is 0 Å². The van der Waals surface area contributed by atoms with Crippen LogP contribution in [-0.4, -0.2) is 42.2 Å². The van der Waals surface area contributed by atoms with Crippen LogP contribution in [-0.2, 0) is 4.74 Å². The molecule has 5 heteroatoms. The number of aromatic nitrogens is 1. The Hall–Kier alpha value is -1.85. The maximum atomic E-state index is 13.2. The predicted octanol–water partition coefficient (Wildman–Crippen LogP) is 3.71. The smallest absolute Gasteiger partial charge is 0.251 e. The van der Waals surface area contributed by atoms with Gasteiger partial charge in [-0.15, -0.1) is 0 Å². The maximum absolute atomic E-state index is 13.2. The lowest BCUT2D eigenvalue weighted by Gasteiger charge is -2.57. The van der Waals surface area contributed by atoms with Crippen LogP contribution in [0.15, 0.2) is 24.4 Å². The molecule has 6 rings (SSSR count). The Kier molecular flexibility index (Phi) is 4.24. The molecule has 2 aliphatic carbocycles. The third-order valence-electron chi connectivity index (χ3n) is 8.33. The Bertz CT molecular complexity index is 931. The van der Waals surface area contributed by atoms with Gasteiger partial charge in [0.2, 0.25) is 0 Å². The van der Waals surface area contributed by atoms with Gasteiger partial charge < -0.3 is 20.4 Å².